The molecule has 16 nitrogen and oxygen atoms in total. The zero-order valence-corrected chi connectivity index (χ0v) is 36.9. The van der Waals surface area contributed by atoms with E-state index < -0.39 is 45.0 Å². The minimum absolute atomic E-state index is 0. The van der Waals surface area contributed by atoms with Crippen LogP contribution in [0.1, 0.15) is 22.8 Å². The molecule has 0 saturated heterocycles. The third-order valence-electron chi connectivity index (χ3n) is 10.2. The molecule has 0 unspecified atom stereocenters. The molecule has 0 radical (unpaired) electrons. The largest absolute Gasteiger partial charge is 2.00 e. The van der Waals surface area contributed by atoms with Crippen LogP contribution in [-0.2, 0) is 56.8 Å². The van der Waals surface area contributed by atoms with E-state index in [1.165, 1.54) is 72.8 Å². The number of hydrogen-bond acceptors (Lipinski definition) is 15. The van der Waals surface area contributed by atoms with Crippen molar-refractivity contribution in [3.63, 3.8) is 0 Å². The molecule has 0 spiro atoms. The van der Waals surface area contributed by atoms with Gasteiger partial charge < -0.3 is 28.9 Å². The van der Waals surface area contributed by atoms with Crippen LogP contribution in [0, 0.1) is 0 Å². The second kappa shape index (κ2) is 17.7. The molecule has 0 saturated carbocycles. The van der Waals surface area contributed by atoms with Gasteiger partial charge in [0.1, 0.15) is 30.4 Å². The Hall–Kier alpha value is -6.04. The molecule has 0 fully saturated rings. The summed E-state index contributed by atoms with van der Waals surface area (Å²) in [6, 6.07) is 29.7. The van der Waals surface area contributed by atoms with Crippen LogP contribution < -0.4 is 15.2 Å². The Morgan fingerprint density at radius 3 is 0.923 bits per heavy atom. The molecule has 0 N–H and O–H groups in total. The molecule has 8 bridgehead atoms. The predicted molar refractivity (Wildman–Crippen MR) is 230 cm³/mol. The Labute approximate surface area is 385 Å². The number of nitrogens with zero attached hydrogens (tertiary/aromatic N) is 4. The van der Waals surface area contributed by atoms with Crippen LogP contribution in [0.15, 0.2) is 141 Å². The number of rotatable bonds is 10. The normalized spacial score (nSPS) is 12.6. The summed E-state index contributed by atoms with van der Waals surface area (Å²) < 4.78 is 112. The first-order valence-corrected chi connectivity index (χ1v) is 23.5. The summed E-state index contributed by atoms with van der Waals surface area (Å²) in [5, 5.41) is 14.0. The van der Waals surface area contributed by atoms with Crippen molar-refractivity contribution in [1.82, 2.24) is 19.9 Å². The van der Waals surface area contributed by atoms with Gasteiger partial charge in [0.15, 0.2) is 0 Å². The van der Waals surface area contributed by atoms with Crippen molar-refractivity contribution >= 4 is 88.8 Å². The van der Waals surface area contributed by atoms with E-state index in [9.17, 15) is 44.2 Å². The molecule has 0 atom stereocenters. The molecule has 21 heteroatoms. The Kier molecular flexibility index (Phi) is 12.4. The van der Waals surface area contributed by atoms with Crippen LogP contribution in [0.3, 0.4) is 0 Å². The van der Waals surface area contributed by atoms with Gasteiger partial charge in [0.05, 0.1) is 49.5 Å². The van der Waals surface area contributed by atoms with Gasteiger partial charge in [-0.25, -0.2) is 35.2 Å². The third-order valence-corrected chi connectivity index (χ3v) is 13.3. The molecule has 65 heavy (non-hydrogen) atoms. The van der Waals surface area contributed by atoms with E-state index in [1.807, 2.05) is 0 Å². The minimum Gasteiger partial charge on any atom is -0.744 e. The van der Waals surface area contributed by atoms with Gasteiger partial charge in [0.2, 0.25) is 0 Å². The second-order valence-corrected chi connectivity index (χ2v) is 19.0. The van der Waals surface area contributed by atoms with E-state index in [2.05, 4.69) is 9.37 Å². The van der Waals surface area contributed by atoms with E-state index in [4.69, 9.17) is 19.9 Å². The average molecular weight is 985 g/mol. The van der Waals surface area contributed by atoms with Gasteiger partial charge in [-0.3, -0.25) is 5.04 Å². The molecule has 2 aliphatic rings. The van der Waals surface area contributed by atoms with Gasteiger partial charge in [-0.1, -0.05) is 72.8 Å². The molecule has 4 aromatic carbocycles. The van der Waals surface area contributed by atoms with Gasteiger partial charge >= 0.3 is 17.1 Å². The Morgan fingerprint density at radius 1 is 0.415 bits per heavy atom. The molecule has 2 aliphatic heterocycles. The maximum atomic E-state index is 11.9. The molecule has 0 aliphatic carbocycles. The molecular formula is C44H24FeN4O12S4-4. The Morgan fingerprint density at radius 2 is 0.677 bits per heavy atom. The topological polar surface area (TPSA) is 267 Å². The van der Waals surface area contributed by atoms with Crippen molar-refractivity contribution in [3.05, 3.63) is 144 Å². The molecule has 3 aromatic heterocycles. The number of fused-ring (bicyclic) bond motifs is 8. The van der Waals surface area contributed by atoms with Gasteiger partial charge in [-0.05, 0) is 117 Å². The van der Waals surface area contributed by atoms with Crippen LogP contribution in [0.25, 0.3) is 90.9 Å². The predicted octanol–water partition coefficient (Wildman–Crippen LogP) is 6.52. The fourth-order valence-corrected chi connectivity index (χ4v) is 9.13. The van der Waals surface area contributed by atoms with Crippen molar-refractivity contribution in [2.24, 2.45) is 0 Å². The molecule has 9 rings (SSSR count). The summed E-state index contributed by atoms with van der Waals surface area (Å²) in [4.78, 5) is 19.4. The monoisotopic (exact) mass is 984 g/mol. The summed E-state index contributed by atoms with van der Waals surface area (Å²) in [6.45, 7) is 0. The number of aromatic nitrogens is 4. The molecule has 5 heterocycles. The first kappa shape index (κ1) is 45.5. The summed E-state index contributed by atoms with van der Waals surface area (Å²) in [7, 11) is -14.4. The van der Waals surface area contributed by atoms with Crippen molar-refractivity contribution in [1.29, 1.82) is 0 Å². The van der Waals surface area contributed by atoms with Crippen molar-refractivity contribution in [2.75, 3.05) is 0 Å². The fraction of sp³-hybridized carbons (Fsp3) is 0. The summed E-state index contributed by atoms with van der Waals surface area (Å²) >= 11 is 0.703. The van der Waals surface area contributed by atoms with E-state index in [1.54, 1.807) is 72.8 Å². The van der Waals surface area contributed by atoms with Gasteiger partial charge in [0.25, 0.3) is 0 Å². The minimum atomic E-state index is -4.80. The molecule has 328 valence electrons. The van der Waals surface area contributed by atoms with E-state index in [0.29, 0.717) is 106 Å². The van der Waals surface area contributed by atoms with Crippen molar-refractivity contribution in [2.45, 2.75) is 19.6 Å². The number of benzene rings is 4. The van der Waals surface area contributed by atoms with Crippen LogP contribution in [0.4, 0.5) is 0 Å². The Bertz CT molecular complexity index is 3520. The van der Waals surface area contributed by atoms with Gasteiger partial charge in [0, 0.05) is 4.90 Å². The first-order valence-electron chi connectivity index (χ1n) is 18.5. The van der Waals surface area contributed by atoms with E-state index >= 15 is 0 Å². The average Bonchev–Trinajstić information content (AvgIpc) is 4.11. The molecule has 7 aromatic rings. The summed E-state index contributed by atoms with van der Waals surface area (Å²) in [5.41, 5.74) is 6.92. The summed E-state index contributed by atoms with van der Waals surface area (Å²) in [5.74, 6) is 0. The SMILES string of the molecule is O=S(=O)([O-])c1ccc(-c2c3nc(c(-c4ccc(S(=O)(=O)[O-])cc4)c4ccc([n-]4)c(-c4ccc(S(=O)(=O)[O-])cc4)c4nc(c(-c5ccc(SOO[O-])cc5)c5ccc2[n-]5)C=C4)C=C3)cc1.[Fe+2]. The standard InChI is InChI=1S/C44H28N4O12S4.Fe/c49-59-60-61-29-9-1-25(2-10-29)41-33-17-19-35(45-33)42(26-3-11-30(12-4-26)62(50,51)52)37-21-23-39(47-37)44(28-7-15-32(16-8-28)64(56,57)58)40-24-22-38(48-40)43(36-20-18-34(41)46-36)27-5-13-31(14-6-27)63(53,54)55;/h1-24,49H,(H,50,51,52)(H,53,54,55)(H,56,57,58);/q-2;+2/p-4. The number of hydrogen-bond donors (Lipinski definition) is 0. The second-order valence-electron chi connectivity index (χ2n) is 14.0. The maximum absolute atomic E-state index is 11.9. The first-order chi connectivity index (χ1) is 30.5. The smallest absolute Gasteiger partial charge is 0.744 e. The van der Waals surface area contributed by atoms with Crippen molar-refractivity contribution < 1.29 is 70.6 Å². The maximum Gasteiger partial charge on any atom is 2.00 e. The molecule has 0 amide bonds. The van der Waals surface area contributed by atoms with Crippen LogP contribution in [0.2, 0.25) is 0 Å². The van der Waals surface area contributed by atoms with Crippen LogP contribution >= 0.6 is 12.0 Å². The van der Waals surface area contributed by atoms with Crippen LogP contribution in [0.5, 0.6) is 0 Å². The van der Waals surface area contributed by atoms with Gasteiger partial charge in [-0.2, -0.15) is 4.33 Å². The zero-order chi connectivity index (χ0) is 45.0. The van der Waals surface area contributed by atoms with E-state index in [0.717, 1.165) is 0 Å². The van der Waals surface area contributed by atoms with Crippen LogP contribution in [-0.4, -0.2) is 48.9 Å². The van der Waals surface area contributed by atoms with Gasteiger partial charge in [-0.15, -0.1) is 22.1 Å². The quantitative estimate of drug-likeness (QED) is 0.0464. The van der Waals surface area contributed by atoms with E-state index in [-0.39, 0.29) is 17.1 Å². The fourth-order valence-electron chi connectivity index (χ4n) is 7.37. The van der Waals surface area contributed by atoms with Crippen molar-refractivity contribution in [3.8, 4) is 44.5 Å². The third kappa shape index (κ3) is 9.27. The Balaban J connectivity index is 0.00000576. The molecular weight excluding hydrogens is 961 g/mol. The zero-order valence-electron chi connectivity index (χ0n) is 32.5. The summed E-state index contributed by atoms with van der Waals surface area (Å²) in [6.07, 6.45) is 6.91.